The second-order valence-electron chi connectivity index (χ2n) is 8.93. The maximum absolute atomic E-state index is 10.8. The Labute approximate surface area is 247 Å². The van der Waals surface area contributed by atoms with E-state index in [1.165, 1.54) is 51.4 Å². The third-order valence-electron chi connectivity index (χ3n) is 5.11. The Bertz CT molecular complexity index is 593. The number of carboxylic acids is 2. The van der Waals surface area contributed by atoms with Gasteiger partial charge >= 0.3 is 81.5 Å². The SMILES string of the molecule is CCCCCCCOC(=O)/C=C\C(=O)[O-].CCCCCCCOC(=O)/C=C\C(=O)[O-].CCC[CH2][Sn+2][CH2]CCC. The number of aliphatic carboxylic acids is 2. The number of hydrogen-bond acceptors (Lipinski definition) is 8. The van der Waals surface area contributed by atoms with Crippen LogP contribution in [0.15, 0.2) is 24.3 Å². The van der Waals surface area contributed by atoms with Crippen molar-refractivity contribution in [1.82, 2.24) is 0 Å². The van der Waals surface area contributed by atoms with Gasteiger partial charge in [-0.25, -0.2) is 9.59 Å². The molecule has 0 rings (SSSR count). The second-order valence-corrected chi connectivity index (χ2v) is 13.2. The molecule has 0 bridgehead atoms. The Morgan fingerprint density at radius 1 is 0.513 bits per heavy atom. The van der Waals surface area contributed by atoms with Gasteiger partial charge in [0.15, 0.2) is 0 Å². The number of ether oxygens (including phenoxy) is 2. The van der Waals surface area contributed by atoms with E-state index in [0.29, 0.717) is 25.4 Å². The van der Waals surface area contributed by atoms with E-state index in [0.717, 1.165) is 50.7 Å². The van der Waals surface area contributed by atoms with E-state index < -0.39 is 23.9 Å². The number of rotatable bonds is 22. The maximum atomic E-state index is 10.8. The monoisotopic (exact) mass is 660 g/mol. The van der Waals surface area contributed by atoms with Crippen LogP contribution in [0, 0.1) is 0 Å². The van der Waals surface area contributed by atoms with Crippen LogP contribution >= 0.6 is 0 Å². The first kappa shape index (κ1) is 41.6. The molecule has 0 spiro atoms. The minimum atomic E-state index is -1.39. The fraction of sp³-hybridized carbons (Fsp3) is 0.733. The zero-order valence-electron chi connectivity index (χ0n) is 24.8. The molecule has 0 aliphatic carbocycles. The molecular formula is C30H52O8Sn. The Kier molecular flexibility index (Phi) is 38.6. The quantitative estimate of drug-likeness (QED) is 0.0705. The number of carbonyl (C=O) groups excluding carboxylic acids is 4. The summed E-state index contributed by atoms with van der Waals surface area (Å²) < 4.78 is 12.8. The zero-order valence-corrected chi connectivity index (χ0v) is 27.7. The molecule has 0 saturated heterocycles. The van der Waals surface area contributed by atoms with Crippen LogP contribution in [0.3, 0.4) is 0 Å². The molecular weight excluding hydrogens is 607 g/mol. The summed E-state index contributed by atoms with van der Waals surface area (Å²) in [6.45, 7) is 9.54. The number of unbranched alkanes of at least 4 members (excludes halogenated alkanes) is 10. The third-order valence-corrected chi connectivity index (χ3v) is 9.15. The molecule has 0 aromatic rings. The number of hydrogen-bond donors (Lipinski definition) is 0. The first-order valence-electron chi connectivity index (χ1n) is 14.6. The van der Waals surface area contributed by atoms with Gasteiger partial charge in [-0.15, -0.1) is 0 Å². The molecule has 0 aromatic carbocycles. The van der Waals surface area contributed by atoms with E-state index in [4.69, 9.17) is 9.47 Å². The van der Waals surface area contributed by atoms with Crippen LogP contribution in [-0.2, 0) is 28.7 Å². The molecule has 0 radical (unpaired) electrons. The predicted octanol–water partition coefficient (Wildman–Crippen LogP) is 4.74. The molecule has 0 amide bonds. The molecule has 0 fully saturated rings. The number of carboxylic acid groups (broad SMARTS) is 2. The van der Waals surface area contributed by atoms with Crippen molar-refractivity contribution in [3.8, 4) is 0 Å². The average Bonchev–Trinajstić information content (AvgIpc) is 2.91. The van der Waals surface area contributed by atoms with Gasteiger partial charge in [0.1, 0.15) is 0 Å². The van der Waals surface area contributed by atoms with Gasteiger partial charge in [0, 0.05) is 12.2 Å². The van der Waals surface area contributed by atoms with E-state index in [-0.39, 0.29) is 21.1 Å². The molecule has 39 heavy (non-hydrogen) atoms. The van der Waals surface area contributed by atoms with Crippen LogP contribution in [0.25, 0.3) is 0 Å². The molecule has 0 aliphatic rings. The van der Waals surface area contributed by atoms with Crippen molar-refractivity contribution in [3.05, 3.63) is 24.3 Å². The molecule has 0 saturated carbocycles. The van der Waals surface area contributed by atoms with Crippen LogP contribution in [0.1, 0.15) is 118 Å². The minimum absolute atomic E-state index is 0.149. The van der Waals surface area contributed by atoms with Gasteiger partial charge < -0.3 is 29.3 Å². The average molecular weight is 659 g/mol. The van der Waals surface area contributed by atoms with Crippen molar-refractivity contribution in [2.24, 2.45) is 0 Å². The van der Waals surface area contributed by atoms with Gasteiger partial charge in [0.25, 0.3) is 0 Å². The molecule has 0 N–H and O–H groups in total. The summed E-state index contributed by atoms with van der Waals surface area (Å²) >= 11 is 0.149. The summed E-state index contributed by atoms with van der Waals surface area (Å²) in [5.74, 6) is -4.05. The fourth-order valence-electron chi connectivity index (χ4n) is 2.85. The summed E-state index contributed by atoms with van der Waals surface area (Å²) in [5.41, 5.74) is 0. The molecule has 9 heteroatoms. The van der Waals surface area contributed by atoms with Crippen molar-refractivity contribution in [2.45, 2.75) is 126 Å². The van der Waals surface area contributed by atoms with E-state index in [1.54, 1.807) is 8.87 Å². The molecule has 0 heterocycles. The Hall–Kier alpha value is -1.84. The molecule has 8 nitrogen and oxygen atoms in total. The van der Waals surface area contributed by atoms with Gasteiger partial charge in [-0.3, -0.25) is 0 Å². The summed E-state index contributed by atoms with van der Waals surface area (Å²) in [7, 11) is 0. The van der Waals surface area contributed by atoms with Gasteiger partial charge in [0.2, 0.25) is 0 Å². The number of carbonyl (C=O) groups is 4. The standard InChI is InChI=1S/2C11H18O4.2C4H9.Sn/c2*1-2-3-4-5-6-9-15-11(14)8-7-10(12)13;2*1-3-4-2;/h2*7-8H,2-6,9H2,1H3,(H,12,13);2*1,3-4H2,2H3;/q;;;;+2/p-2/b2*8-7-;;;. The summed E-state index contributed by atoms with van der Waals surface area (Å²) in [6.07, 6.45) is 19.6. The number of esters is 2. The van der Waals surface area contributed by atoms with Crippen LogP contribution in [0.4, 0.5) is 0 Å². The Morgan fingerprint density at radius 3 is 1.15 bits per heavy atom. The van der Waals surface area contributed by atoms with Crippen LogP contribution in [0.5, 0.6) is 0 Å². The van der Waals surface area contributed by atoms with E-state index in [1.807, 2.05) is 0 Å². The van der Waals surface area contributed by atoms with Gasteiger partial charge in [-0.05, 0) is 25.0 Å². The normalized spacial score (nSPS) is 10.2. The Balaban J connectivity index is -0.000000516. The fourth-order valence-corrected chi connectivity index (χ4v) is 7.01. The summed E-state index contributed by atoms with van der Waals surface area (Å²) in [5, 5.41) is 19.9. The summed E-state index contributed by atoms with van der Waals surface area (Å²) in [6, 6.07) is 0. The summed E-state index contributed by atoms with van der Waals surface area (Å²) in [4.78, 5) is 41.6. The van der Waals surface area contributed by atoms with Gasteiger partial charge in [0.05, 0.1) is 25.2 Å². The zero-order chi connectivity index (χ0) is 30.0. The van der Waals surface area contributed by atoms with E-state index >= 15 is 0 Å². The van der Waals surface area contributed by atoms with Crippen molar-refractivity contribution in [3.63, 3.8) is 0 Å². The topological polar surface area (TPSA) is 133 Å². The predicted molar refractivity (Wildman–Crippen MR) is 153 cm³/mol. The first-order chi connectivity index (χ1) is 18.7. The van der Waals surface area contributed by atoms with Crippen molar-refractivity contribution >= 4 is 45.0 Å². The van der Waals surface area contributed by atoms with E-state index in [9.17, 15) is 29.4 Å². The molecule has 224 valence electrons. The molecule has 0 atom stereocenters. The molecule has 0 aromatic heterocycles. The van der Waals surface area contributed by atoms with Crippen LogP contribution < -0.4 is 10.2 Å². The van der Waals surface area contributed by atoms with Crippen molar-refractivity contribution < 1.29 is 38.9 Å². The van der Waals surface area contributed by atoms with Crippen molar-refractivity contribution in [1.29, 1.82) is 0 Å². The van der Waals surface area contributed by atoms with Gasteiger partial charge in [-0.1, -0.05) is 65.2 Å². The molecule has 0 aliphatic heterocycles. The Morgan fingerprint density at radius 2 is 0.846 bits per heavy atom. The molecule has 0 unspecified atom stereocenters. The van der Waals surface area contributed by atoms with Gasteiger partial charge in [-0.2, -0.15) is 0 Å². The third kappa shape index (κ3) is 46.4. The first-order valence-corrected chi connectivity index (χ1v) is 18.6. The second kappa shape index (κ2) is 36.2. The van der Waals surface area contributed by atoms with Crippen molar-refractivity contribution in [2.75, 3.05) is 13.2 Å². The van der Waals surface area contributed by atoms with Crippen LogP contribution in [-0.4, -0.2) is 58.2 Å². The van der Waals surface area contributed by atoms with E-state index in [2.05, 4.69) is 27.7 Å². The van der Waals surface area contributed by atoms with Crippen LogP contribution in [0.2, 0.25) is 8.87 Å².